The number of rotatable bonds is 2. The number of halogens is 4. The first-order valence-corrected chi connectivity index (χ1v) is 7.21. The molecule has 22 heavy (non-hydrogen) atoms. The lowest BCUT2D eigenvalue weighted by Gasteiger charge is -2.32. The minimum Gasteiger partial charge on any atom is -0.402 e. The molecule has 2 rings (SSSR count). The molecule has 1 heterocycles. The van der Waals surface area contributed by atoms with E-state index >= 15 is 0 Å². The molecule has 0 spiro atoms. The van der Waals surface area contributed by atoms with Gasteiger partial charge in [0.2, 0.25) is 0 Å². The third-order valence-corrected chi connectivity index (χ3v) is 4.59. The molecule has 1 atom stereocenters. The summed E-state index contributed by atoms with van der Waals surface area (Å²) in [4.78, 5) is 0. The molecule has 0 aromatic heterocycles. The van der Waals surface area contributed by atoms with Crippen molar-refractivity contribution < 1.29 is 22.5 Å². The van der Waals surface area contributed by atoms with Gasteiger partial charge in [-0.3, -0.25) is 0 Å². The number of alkyl halides is 3. The Kier molecular flexibility index (Phi) is 4.32. The standard InChI is InChI=1S/C14H18BClF3NO2/c1-12(2)13(3,4)22-15(21-12)11(20)9-7-8(14(17,18)19)5-6-10(9)16/h5-7,11H,20H2,1-4H3/t11-/m0/s1. The monoisotopic (exact) mass is 335 g/mol. The first-order chi connectivity index (χ1) is 9.85. The predicted octanol–water partition coefficient (Wildman–Crippen LogP) is 3.99. The minimum absolute atomic E-state index is 0.148. The quantitative estimate of drug-likeness (QED) is 0.831. The minimum atomic E-state index is -4.46. The van der Waals surface area contributed by atoms with E-state index in [4.69, 9.17) is 26.6 Å². The van der Waals surface area contributed by atoms with Gasteiger partial charge in [-0.2, -0.15) is 13.2 Å². The van der Waals surface area contributed by atoms with Crippen LogP contribution in [0.4, 0.5) is 13.2 Å². The summed E-state index contributed by atoms with van der Waals surface area (Å²) in [6.45, 7) is 7.36. The Balaban J connectivity index is 2.33. The van der Waals surface area contributed by atoms with Gasteiger partial charge in [-0.25, -0.2) is 0 Å². The van der Waals surface area contributed by atoms with Gasteiger partial charge in [0.25, 0.3) is 0 Å². The molecule has 0 saturated carbocycles. The van der Waals surface area contributed by atoms with Crippen molar-refractivity contribution in [1.29, 1.82) is 0 Å². The second kappa shape index (κ2) is 5.41. The zero-order chi connectivity index (χ0) is 16.9. The number of nitrogens with two attached hydrogens (primary N) is 1. The molecule has 2 N–H and O–H groups in total. The van der Waals surface area contributed by atoms with E-state index in [1.165, 1.54) is 6.07 Å². The highest BCUT2D eigenvalue weighted by molar-refractivity contribution is 6.48. The Morgan fingerprint density at radius 3 is 2.09 bits per heavy atom. The van der Waals surface area contributed by atoms with Crippen LogP contribution in [0.5, 0.6) is 0 Å². The zero-order valence-corrected chi connectivity index (χ0v) is 13.5. The first-order valence-electron chi connectivity index (χ1n) is 6.83. The fraction of sp³-hybridized carbons (Fsp3) is 0.571. The van der Waals surface area contributed by atoms with Crippen molar-refractivity contribution in [1.82, 2.24) is 0 Å². The molecule has 0 amide bonds. The molecule has 0 aliphatic carbocycles. The molecule has 3 nitrogen and oxygen atoms in total. The lowest BCUT2D eigenvalue weighted by Crippen LogP contribution is -2.41. The van der Waals surface area contributed by atoms with E-state index in [1.807, 2.05) is 27.7 Å². The summed E-state index contributed by atoms with van der Waals surface area (Å²) in [6.07, 6.45) is -4.46. The van der Waals surface area contributed by atoms with Crippen LogP contribution in [0.25, 0.3) is 0 Å². The van der Waals surface area contributed by atoms with Crippen molar-refractivity contribution in [3.63, 3.8) is 0 Å². The van der Waals surface area contributed by atoms with Crippen LogP contribution >= 0.6 is 11.6 Å². The van der Waals surface area contributed by atoms with E-state index in [9.17, 15) is 13.2 Å². The SMILES string of the molecule is CC1(C)OB([C@@H](N)c2cc(C(F)(F)F)ccc2Cl)OC1(C)C. The average Bonchev–Trinajstić information content (AvgIpc) is 2.56. The normalized spacial score (nSPS) is 22.0. The topological polar surface area (TPSA) is 44.5 Å². The summed E-state index contributed by atoms with van der Waals surface area (Å²) < 4.78 is 50.1. The molecule has 1 aromatic rings. The summed E-state index contributed by atoms with van der Waals surface area (Å²) in [6, 6.07) is 3.05. The van der Waals surface area contributed by atoms with E-state index in [1.54, 1.807) is 0 Å². The maximum absolute atomic E-state index is 12.8. The van der Waals surface area contributed by atoms with Gasteiger partial charge < -0.3 is 15.0 Å². The van der Waals surface area contributed by atoms with Crippen molar-refractivity contribution in [3.05, 3.63) is 34.3 Å². The Labute approximate surface area is 133 Å². The summed E-state index contributed by atoms with van der Waals surface area (Å²) in [5, 5.41) is 0.148. The molecule has 1 aromatic carbocycles. The third kappa shape index (κ3) is 3.13. The highest BCUT2D eigenvalue weighted by atomic mass is 35.5. The third-order valence-electron chi connectivity index (χ3n) is 4.25. The van der Waals surface area contributed by atoms with Gasteiger partial charge in [-0.1, -0.05) is 11.6 Å². The predicted molar refractivity (Wildman–Crippen MR) is 79.5 cm³/mol. The van der Waals surface area contributed by atoms with Crippen LogP contribution in [-0.4, -0.2) is 18.3 Å². The van der Waals surface area contributed by atoms with Crippen LogP contribution in [-0.2, 0) is 15.5 Å². The maximum atomic E-state index is 12.8. The second-order valence-corrected chi connectivity index (χ2v) is 6.79. The van der Waals surface area contributed by atoms with Gasteiger partial charge in [0.05, 0.1) is 22.7 Å². The molecule has 8 heteroatoms. The van der Waals surface area contributed by atoms with Crippen LogP contribution in [0.2, 0.25) is 5.02 Å². The van der Waals surface area contributed by atoms with Crippen LogP contribution < -0.4 is 5.73 Å². The largest absolute Gasteiger partial charge is 0.480 e. The maximum Gasteiger partial charge on any atom is 0.480 e. The van der Waals surface area contributed by atoms with Crippen molar-refractivity contribution >= 4 is 18.7 Å². The molecule has 1 saturated heterocycles. The average molecular weight is 336 g/mol. The van der Waals surface area contributed by atoms with E-state index in [0.29, 0.717) is 0 Å². The molecular formula is C14H18BClF3NO2. The van der Waals surface area contributed by atoms with Gasteiger partial charge in [0.15, 0.2) is 0 Å². The van der Waals surface area contributed by atoms with Crippen molar-refractivity contribution in [2.75, 3.05) is 0 Å². The van der Waals surface area contributed by atoms with E-state index in [-0.39, 0.29) is 10.6 Å². The fourth-order valence-corrected chi connectivity index (χ4v) is 2.40. The smallest absolute Gasteiger partial charge is 0.402 e. The Morgan fingerprint density at radius 2 is 1.64 bits per heavy atom. The molecular weight excluding hydrogens is 317 g/mol. The van der Waals surface area contributed by atoms with Crippen LogP contribution in [0, 0.1) is 0 Å². The molecule has 0 bridgehead atoms. The first kappa shape index (κ1) is 17.6. The van der Waals surface area contributed by atoms with Gasteiger partial charge in [0, 0.05) is 5.02 Å². The zero-order valence-electron chi connectivity index (χ0n) is 12.8. The Hall–Kier alpha value is -0.755. The fourth-order valence-electron chi connectivity index (χ4n) is 2.16. The summed E-state index contributed by atoms with van der Waals surface area (Å²) in [5.74, 6) is -0.921. The van der Waals surface area contributed by atoms with Crippen molar-refractivity contribution in [2.24, 2.45) is 5.73 Å². The van der Waals surface area contributed by atoms with Gasteiger partial charge >= 0.3 is 13.3 Å². The highest BCUT2D eigenvalue weighted by Gasteiger charge is 2.53. The molecule has 1 fully saturated rings. The molecule has 0 unspecified atom stereocenters. The molecule has 1 aliphatic rings. The molecule has 1 aliphatic heterocycles. The summed E-state index contributed by atoms with van der Waals surface area (Å²) >= 11 is 6.00. The van der Waals surface area contributed by atoms with E-state index < -0.39 is 36.0 Å². The van der Waals surface area contributed by atoms with Gasteiger partial charge in [-0.15, -0.1) is 0 Å². The van der Waals surface area contributed by atoms with Gasteiger partial charge in [-0.05, 0) is 51.5 Å². The van der Waals surface area contributed by atoms with Crippen LogP contribution in [0.15, 0.2) is 18.2 Å². The van der Waals surface area contributed by atoms with Crippen molar-refractivity contribution in [3.8, 4) is 0 Å². The highest BCUT2D eigenvalue weighted by Crippen LogP contribution is 2.41. The van der Waals surface area contributed by atoms with Crippen LogP contribution in [0.1, 0.15) is 44.8 Å². The molecule has 0 radical (unpaired) electrons. The van der Waals surface area contributed by atoms with Crippen molar-refractivity contribution in [2.45, 2.75) is 51.0 Å². The summed E-state index contributed by atoms with van der Waals surface area (Å²) in [7, 11) is -0.869. The summed E-state index contributed by atoms with van der Waals surface area (Å²) in [5.41, 5.74) is 4.15. The van der Waals surface area contributed by atoms with E-state index in [0.717, 1.165) is 12.1 Å². The lowest BCUT2D eigenvalue weighted by molar-refractivity contribution is -0.137. The lowest BCUT2D eigenvalue weighted by atomic mass is 9.74. The number of hydrogen-bond acceptors (Lipinski definition) is 3. The Bertz CT molecular complexity index is 562. The van der Waals surface area contributed by atoms with Crippen LogP contribution in [0.3, 0.4) is 0 Å². The molecule has 122 valence electrons. The number of hydrogen-bond donors (Lipinski definition) is 1. The second-order valence-electron chi connectivity index (χ2n) is 6.38. The van der Waals surface area contributed by atoms with E-state index in [2.05, 4.69) is 0 Å². The number of benzene rings is 1. The Morgan fingerprint density at radius 1 is 1.14 bits per heavy atom. The van der Waals surface area contributed by atoms with Gasteiger partial charge in [0.1, 0.15) is 0 Å².